The monoisotopic (exact) mass is 769 g/mol. The second-order valence-electron chi connectivity index (χ2n) is 16.7. The van der Waals surface area contributed by atoms with Gasteiger partial charge in [0.05, 0.1) is 0 Å². The second kappa shape index (κ2) is 14.1. The van der Waals surface area contributed by atoms with Crippen molar-refractivity contribution in [2.75, 3.05) is 4.90 Å². The molecule has 60 heavy (non-hydrogen) atoms. The predicted molar refractivity (Wildman–Crippen MR) is 252 cm³/mol. The Morgan fingerprint density at radius 3 is 1.50 bits per heavy atom. The van der Waals surface area contributed by atoms with Crippen LogP contribution in [0.2, 0.25) is 0 Å². The Balaban J connectivity index is 0.982. The van der Waals surface area contributed by atoms with Gasteiger partial charge in [0.25, 0.3) is 0 Å². The number of para-hydroxylation sites is 1. The molecule has 0 bridgehead atoms. The topological polar surface area (TPSA) is 16.4 Å². The molecule has 1 heterocycles. The third kappa shape index (κ3) is 6.12. The Bertz CT molecular complexity index is 3210. The van der Waals surface area contributed by atoms with Crippen molar-refractivity contribution >= 4 is 39.0 Å². The summed E-state index contributed by atoms with van der Waals surface area (Å²) >= 11 is 0. The summed E-state index contributed by atoms with van der Waals surface area (Å²) in [5.41, 5.74) is 21.1. The number of fused-ring (bicyclic) bond motifs is 6. The van der Waals surface area contributed by atoms with Crippen molar-refractivity contribution in [1.82, 2.24) is 0 Å². The second-order valence-corrected chi connectivity index (χ2v) is 16.7. The van der Waals surface area contributed by atoms with E-state index >= 15 is 0 Å². The fourth-order valence-electron chi connectivity index (χ4n) is 9.26. The summed E-state index contributed by atoms with van der Waals surface area (Å²) in [5, 5.41) is 2.28. The molecule has 2 heteroatoms. The Labute approximate surface area is 351 Å². The van der Waals surface area contributed by atoms with Gasteiger partial charge >= 0.3 is 0 Å². The third-order valence-electron chi connectivity index (χ3n) is 12.6. The average molecular weight is 770 g/mol. The molecule has 286 valence electrons. The average Bonchev–Trinajstić information content (AvgIpc) is 3.78. The lowest BCUT2D eigenvalue weighted by Crippen LogP contribution is -2.16. The number of benzene rings is 9. The maximum Gasteiger partial charge on any atom is 0.136 e. The molecular formula is C58H43NO. The van der Waals surface area contributed by atoms with Crippen LogP contribution in [0, 0.1) is 6.92 Å². The third-order valence-corrected chi connectivity index (χ3v) is 12.6. The molecule has 0 N–H and O–H groups in total. The molecule has 0 atom stereocenters. The lowest BCUT2D eigenvalue weighted by molar-refractivity contribution is 0.660. The first kappa shape index (κ1) is 35.7. The lowest BCUT2D eigenvalue weighted by Gasteiger charge is -2.28. The number of furan rings is 1. The Morgan fingerprint density at radius 2 is 0.817 bits per heavy atom. The predicted octanol–water partition coefficient (Wildman–Crippen LogP) is 16.3. The fourth-order valence-corrected chi connectivity index (χ4v) is 9.26. The van der Waals surface area contributed by atoms with Crippen LogP contribution in [0.25, 0.3) is 77.6 Å². The van der Waals surface area contributed by atoms with Gasteiger partial charge in [0.1, 0.15) is 11.2 Å². The summed E-state index contributed by atoms with van der Waals surface area (Å²) in [6.45, 7) is 6.87. The van der Waals surface area contributed by atoms with Crippen molar-refractivity contribution in [3.63, 3.8) is 0 Å². The number of nitrogens with zero attached hydrogens (tertiary/aromatic N) is 1. The van der Waals surface area contributed by atoms with Crippen molar-refractivity contribution in [3.05, 3.63) is 223 Å². The molecule has 9 aromatic carbocycles. The van der Waals surface area contributed by atoms with Gasteiger partial charge in [-0.2, -0.15) is 0 Å². The smallest absolute Gasteiger partial charge is 0.136 e. The van der Waals surface area contributed by atoms with Crippen LogP contribution >= 0.6 is 0 Å². The molecule has 1 aliphatic rings. The summed E-state index contributed by atoms with van der Waals surface area (Å²) in [6, 6.07) is 75.1. The molecule has 1 aromatic heterocycles. The van der Waals surface area contributed by atoms with Gasteiger partial charge in [-0.05, 0) is 140 Å². The molecule has 0 saturated heterocycles. The zero-order valence-electron chi connectivity index (χ0n) is 34.0. The van der Waals surface area contributed by atoms with Crippen molar-refractivity contribution in [2.45, 2.75) is 26.2 Å². The van der Waals surface area contributed by atoms with Gasteiger partial charge in [0, 0.05) is 33.2 Å². The Morgan fingerprint density at radius 1 is 0.350 bits per heavy atom. The van der Waals surface area contributed by atoms with E-state index in [0.717, 1.165) is 50.1 Å². The number of hydrogen-bond acceptors (Lipinski definition) is 2. The van der Waals surface area contributed by atoms with Gasteiger partial charge in [0.2, 0.25) is 0 Å². The molecule has 0 saturated carbocycles. The van der Waals surface area contributed by atoms with Crippen molar-refractivity contribution in [1.29, 1.82) is 0 Å². The van der Waals surface area contributed by atoms with E-state index < -0.39 is 0 Å². The van der Waals surface area contributed by atoms with Crippen molar-refractivity contribution in [3.8, 4) is 55.6 Å². The maximum absolute atomic E-state index is 6.26. The molecule has 0 aliphatic heterocycles. The molecule has 0 amide bonds. The van der Waals surface area contributed by atoms with Gasteiger partial charge in [-0.15, -0.1) is 0 Å². The van der Waals surface area contributed by atoms with Crippen molar-refractivity contribution in [2.24, 2.45) is 0 Å². The van der Waals surface area contributed by atoms with Crippen molar-refractivity contribution < 1.29 is 4.42 Å². The fraction of sp³-hybridized carbons (Fsp3) is 0.0690. The normalized spacial score (nSPS) is 12.7. The zero-order valence-corrected chi connectivity index (χ0v) is 34.0. The van der Waals surface area contributed by atoms with Crippen LogP contribution in [0.15, 0.2) is 211 Å². The molecule has 2 nitrogen and oxygen atoms in total. The van der Waals surface area contributed by atoms with Crippen LogP contribution in [-0.4, -0.2) is 0 Å². The zero-order chi connectivity index (χ0) is 40.4. The highest BCUT2D eigenvalue weighted by Gasteiger charge is 2.36. The van der Waals surface area contributed by atoms with E-state index in [-0.39, 0.29) is 5.41 Å². The summed E-state index contributed by atoms with van der Waals surface area (Å²) in [7, 11) is 0. The van der Waals surface area contributed by atoms with E-state index in [1.807, 2.05) is 12.1 Å². The lowest BCUT2D eigenvalue weighted by atomic mass is 9.81. The standard InChI is InChI=1S/C58H43NO/c1-38-16-18-40(19-17-38)43-12-9-13-44(34-43)41-20-26-47(27-21-41)59(48-28-22-42(23-29-48)46-25-32-53-52-14-7-8-15-56(52)60-57(53)36-46)49-30-33-51-50-31-24-45(39-10-5-4-6-11-39)35-54(50)58(2,3)55(51)37-49/h4-37H,1-3H3. The minimum absolute atomic E-state index is 0.178. The van der Waals surface area contributed by atoms with Gasteiger partial charge < -0.3 is 9.32 Å². The van der Waals surface area contributed by atoms with E-state index in [9.17, 15) is 0 Å². The highest BCUT2D eigenvalue weighted by Crippen LogP contribution is 2.52. The van der Waals surface area contributed by atoms with Gasteiger partial charge in [-0.3, -0.25) is 0 Å². The molecule has 0 fully saturated rings. The highest BCUT2D eigenvalue weighted by molar-refractivity contribution is 6.06. The Kier molecular flexibility index (Phi) is 8.42. The van der Waals surface area contributed by atoms with E-state index in [2.05, 4.69) is 220 Å². The summed E-state index contributed by atoms with van der Waals surface area (Å²) in [6.07, 6.45) is 0. The van der Waals surface area contributed by atoms with E-state index in [0.29, 0.717) is 0 Å². The van der Waals surface area contributed by atoms with E-state index in [1.54, 1.807) is 0 Å². The SMILES string of the molecule is Cc1ccc(-c2cccc(-c3ccc(N(c4ccc(-c5ccc6c(c5)oc5ccccc56)cc4)c4ccc5c(c4)C(C)(C)c4cc(-c6ccccc6)ccc4-5)cc3)c2)cc1. The van der Waals surface area contributed by atoms with Crippen LogP contribution in [0.4, 0.5) is 17.1 Å². The minimum Gasteiger partial charge on any atom is -0.456 e. The minimum atomic E-state index is -0.178. The van der Waals surface area contributed by atoms with Crippen LogP contribution < -0.4 is 4.90 Å². The number of anilines is 3. The highest BCUT2D eigenvalue weighted by atomic mass is 16.3. The van der Waals surface area contributed by atoms with Gasteiger partial charge in [0.15, 0.2) is 0 Å². The molecule has 11 rings (SSSR count). The quantitative estimate of drug-likeness (QED) is 0.161. The largest absolute Gasteiger partial charge is 0.456 e. The summed E-state index contributed by atoms with van der Waals surface area (Å²) < 4.78 is 6.26. The van der Waals surface area contributed by atoms with Crippen LogP contribution in [0.5, 0.6) is 0 Å². The number of rotatable bonds is 7. The van der Waals surface area contributed by atoms with Crippen LogP contribution in [0.3, 0.4) is 0 Å². The van der Waals surface area contributed by atoms with Crippen LogP contribution in [0.1, 0.15) is 30.5 Å². The number of aryl methyl sites for hydroxylation is 1. The first-order chi connectivity index (χ1) is 29.4. The van der Waals surface area contributed by atoms with Gasteiger partial charge in [-0.1, -0.05) is 159 Å². The maximum atomic E-state index is 6.26. The number of hydrogen-bond donors (Lipinski definition) is 0. The Hall–Kier alpha value is -7.42. The summed E-state index contributed by atoms with van der Waals surface area (Å²) in [5.74, 6) is 0. The molecule has 0 radical (unpaired) electrons. The first-order valence-corrected chi connectivity index (χ1v) is 20.8. The molecule has 1 aliphatic carbocycles. The molecule has 0 unspecified atom stereocenters. The molecule has 10 aromatic rings. The summed E-state index contributed by atoms with van der Waals surface area (Å²) in [4.78, 5) is 2.40. The van der Waals surface area contributed by atoms with E-state index in [1.165, 1.54) is 61.2 Å². The molecule has 0 spiro atoms. The first-order valence-electron chi connectivity index (χ1n) is 20.8. The molecular weight excluding hydrogens is 727 g/mol. The van der Waals surface area contributed by atoms with Gasteiger partial charge in [-0.25, -0.2) is 0 Å². The van der Waals surface area contributed by atoms with Crippen LogP contribution in [-0.2, 0) is 5.41 Å². The van der Waals surface area contributed by atoms with E-state index in [4.69, 9.17) is 4.42 Å².